The smallest absolute Gasteiger partial charge is 0.234 e. The van der Waals surface area contributed by atoms with Crippen LogP contribution in [0.25, 0.3) is 0 Å². The lowest BCUT2D eigenvalue weighted by molar-refractivity contribution is -0.113. The van der Waals surface area contributed by atoms with E-state index in [1.54, 1.807) is 24.3 Å². The minimum Gasteiger partial charge on any atom is -0.330 e. The van der Waals surface area contributed by atoms with Gasteiger partial charge >= 0.3 is 0 Å². The topological polar surface area (TPSA) is 84.0 Å². The average molecular weight is 399 g/mol. The summed E-state index contributed by atoms with van der Waals surface area (Å²) in [5, 5.41) is 14.9. The van der Waals surface area contributed by atoms with Gasteiger partial charge in [0.15, 0.2) is 10.1 Å². The lowest BCUT2D eigenvalue weighted by Crippen LogP contribution is -2.16. The minimum absolute atomic E-state index is 0.0883. The van der Waals surface area contributed by atoms with Crippen molar-refractivity contribution in [3.8, 4) is 0 Å². The zero-order chi connectivity index (χ0) is 19.2. The number of carbonyl (C=O) groups excluding carboxylic acids is 2. The highest BCUT2D eigenvalue weighted by Crippen LogP contribution is 2.28. The Morgan fingerprint density at radius 2 is 1.74 bits per heavy atom. The van der Waals surface area contributed by atoms with Crippen LogP contribution in [0.4, 0.5) is 16.5 Å². The first-order valence-corrected chi connectivity index (χ1v) is 10.0. The number of anilines is 3. The van der Waals surface area contributed by atoms with E-state index in [1.165, 1.54) is 30.0 Å². The maximum absolute atomic E-state index is 12.2. The van der Waals surface area contributed by atoms with Gasteiger partial charge in [0.2, 0.25) is 11.0 Å². The number of thioether (sulfide) groups is 1. The SMILES string of the molecule is CC(=O)c1ccccc1NC(=O)CSc1nnc(Nc2ccccc2C)s1. The van der Waals surface area contributed by atoms with Crippen molar-refractivity contribution in [1.82, 2.24) is 10.2 Å². The van der Waals surface area contributed by atoms with Crippen molar-refractivity contribution in [2.24, 2.45) is 0 Å². The van der Waals surface area contributed by atoms with E-state index in [0.717, 1.165) is 11.3 Å². The fraction of sp³-hybridized carbons (Fsp3) is 0.158. The number of hydrogen-bond acceptors (Lipinski definition) is 7. The largest absolute Gasteiger partial charge is 0.330 e. The quantitative estimate of drug-likeness (QED) is 0.450. The first kappa shape index (κ1) is 19.1. The summed E-state index contributed by atoms with van der Waals surface area (Å²) < 4.78 is 0.695. The third-order valence-electron chi connectivity index (χ3n) is 3.70. The fourth-order valence-electron chi connectivity index (χ4n) is 2.36. The number of nitrogens with one attached hydrogen (secondary N) is 2. The molecule has 1 heterocycles. The number of nitrogens with zero attached hydrogens (tertiary/aromatic N) is 2. The van der Waals surface area contributed by atoms with Crippen molar-refractivity contribution in [3.63, 3.8) is 0 Å². The molecular weight excluding hydrogens is 380 g/mol. The summed E-state index contributed by atoms with van der Waals surface area (Å²) in [4.78, 5) is 23.8. The van der Waals surface area contributed by atoms with Gasteiger partial charge in [-0.05, 0) is 37.6 Å². The van der Waals surface area contributed by atoms with Crippen LogP contribution >= 0.6 is 23.1 Å². The van der Waals surface area contributed by atoms with Crippen LogP contribution in [-0.4, -0.2) is 27.6 Å². The lowest BCUT2D eigenvalue weighted by atomic mass is 10.1. The molecule has 138 valence electrons. The summed E-state index contributed by atoms with van der Waals surface area (Å²) in [5.41, 5.74) is 3.11. The van der Waals surface area contributed by atoms with Gasteiger partial charge in [-0.25, -0.2) is 0 Å². The number of ketones is 1. The van der Waals surface area contributed by atoms with Crippen LogP contribution in [-0.2, 0) is 4.79 Å². The number of rotatable bonds is 7. The van der Waals surface area contributed by atoms with Crippen LogP contribution in [0.2, 0.25) is 0 Å². The Kier molecular flexibility index (Phi) is 6.20. The monoisotopic (exact) mass is 398 g/mol. The molecule has 0 spiro atoms. The third-order valence-corrected chi connectivity index (χ3v) is 5.67. The van der Waals surface area contributed by atoms with Gasteiger partial charge in [0.1, 0.15) is 0 Å². The summed E-state index contributed by atoms with van der Waals surface area (Å²) in [6.07, 6.45) is 0. The molecule has 2 N–H and O–H groups in total. The van der Waals surface area contributed by atoms with Gasteiger partial charge in [-0.1, -0.05) is 53.4 Å². The van der Waals surface area contributed by atoms with E-state index in [1.807, 2.05) is 31.2 Å². The van der Waals surface area contributed by atoms with E-state index in [-0.39, 0.29) is 17.4 Å². The zero-order valence-corrected chi connectivity index (χ0v) is 16.5. The van der Waals surface area contributed by atoms with Crippen LogP contribution in [0.5, 0.6) is 0 Å². The second-order valence-corrected chi connectivity index (χ2v) is 7.95. The second-order valence-electron chi connectivity index (χ2n) is 5.75. The Hall–Kier alpha value is -2.71. The molecule has 6 nitrogen and oxygen atoms in total. The number of hydrogen-bond donors (Lipinski definition) is 2. The van der Waals surface area contributed by atoms with E-state index in [0.29, 0.717) is 20.7 Å². The van der Waals surface area contributed by atoms with Crippen molar-refractivity contribution >= 4 is 51.3 Å². The lowest BCUT2D eigenvalue weighted by Gasteiger charge is -2.08. The minimum atomic E-state index is -0.197. The van der Waals surface area contributed by atoms with E-state index < -0.39 is 0 Å². The van der Waals surface area contributed by atoms with E-state index in [2.05, 4.69) is 20.8 Å². The number of aromatic nitrogens is 2. The van der Waals surface area contributed by atoms with Gasteiger partial charge in [-0.15, -0.1) is 10.2 Å². The van der Waals surface area contributed by atoms with Gasteiger partial charge in [0.25, 0.3) is 0 Å². The predicted octanol–water partition coefficient (Wildman–Crippen LogP) is 4.52. The van der Waals surface area contributed by atoms with Crippen LogP contribution in [0.3, 0.4) is 0 Å². The van der Waals surface area contributed by atoms with Crippen LogP contribution in [0, 0.1) is 6.92 Å². The van der Waals surface area contributed by atoms with E-state index >= 15 is 0 Å². The maximum Gasteiger partial charge on any atom is 0.234 e. The number of benzene rings is 2. The number of Topliss-reactive ketones (excluding diaryl/α,β-unsaturated/α-hetero) is 1. The van der Waals surface area contributed by atoms with Crippen LogP contribution in [0.1, 0.15) is 22.8 Å². The summed E-state index contributed by atoms with van der Waals surface area (Å²) in [5.74, 6) is -0.0995. The summed E-state index contributed by atoms with van der Waals surface area (Å²) in [6, 6.07) is 14.9. The molecule has 0 saturated heterocycles. The molecule has 0 aliphatic carbocycles. The van der Waals surface area contributed by atoms with Crippen molar-refractivity contribution in [2.45, 2.75) is 18.2 Å². The molecule has 0 aliphatic rings. The molecule has 0 fully saturated rings. The molecular formula is C19H18N4O2S2. The molecule has 2 aromatic carbocycles. The highest BCUT2D eigenvalue weighted by Gasteiger charge is 2.12. The Bertz CT molecular complexity index is 972. The molecule has 0 unspecified atom stereocenters. The number of para-hydroxylation sites is 2. The van der Waals surface area contributed by atoms with Crippen LogP contribution < -0.4 is 10.6 Å². The predicted molar refractivity (Wildman–Crippen MR) is 110 cm³/mol. The van der Waals surface area contributed by atoms with E-state index in [9.17, 15) is 9.59 Å². The number of aryl methyl sites for hydroxylation is 1. The Balaban J connectivity index is 1.56. The highest BCUT2D eigenvalue weighted by molar-refractivity contribution is 8.01. The molecule has 0 bridgehead atoms. The first-order chi connectivity index (χ1) is 13.0. The Morgan fingerprint density at radius 1 is 1.04 bits per heavy atom. The molecule has 3 rings (SSSR count). The van der Waals surface area contributed by atoms with Crippen molar-refractivity contribution in [1.29, 1.82) is 0 Å². The van der Waals surface area contributed by atoms with Gasteiger partial charge < -0.3 is 10.6 Å². The molecule has 1 aromatic heterocycles. The third kappa shape index (κ3) is 5.15. The van der Waals surface area contributed by atoms with Crippen molar-refractivity contribution < 1.29 is 9.59 Å². The number of amides is 1. The van der Waals surface area contributed by atoms with Gasteiger partial charge in [0.05, 0.1) is 11.4 Å². The van der Waals surface area contributed by atoms with Gasteiger partial charge in [0, 0.05) is 11.3 Å². The number of carbonyl (C=O) groups is 2. The molecule has 1 amide bonds. The normalized spacial score (nSPS) is 10.4. The average Bonchev–Trinajstić information content (AvgIpc) is 3.10. The summed E-state index contributed by atoms with van der Waals surface area (Å²) >= 11 is 2.69. The Labute approximate surface area is 165 Å². The molecule has 0 aliphatic heterocycles. The summed E-state index contributed by atoms with van der Waals surface area (Å²) in [7, 11) is 0. The molecule has 8 heteroatoms. The van der Waals surface area contributed by atoms with Gasteiger partial charge in [-0.2, -0.15) is 0 Å². The van der Waals surface area contributed by atoms with Crippen LogP contribution in [0.15, 0.2) is 52.9 Å². The summed E-state index contributed by atoms with van der Waals surface area (Å²) in [6.45, 7) is 3.49. The standard InChI is InChI=1S/C19H18N4O2S2/c1-12-7-3-5-9-15(12)21-18-22-23-19(27-18)26-11-17(25)20-16-10-6-4-8-14(16)13(2)24/h3-10H,11H2,1-2H3,(H,20,25)(H,21,22). The molecule has 27 heavy (non-hydrogen) atoms. The van der Waals surface area contributed by atoms with Crippen molar-refractivity contribution in [2.75, 3.05) is 16.4 Å². The molecule has 0 radical (unpaired) electrons. The maximum atomic E-state index is 12.2. The van der Waals surface area contributed by atoms with E-state index in [4.69, 9.17) is 0 Å². The molecule has 0 atom stereocenters. The van der Waals surface area contributed by atoms with Crippen molar-refractivity contribution in [3.05, 3.63) is 59.7 Å². The highest BCUT2D eigenvalue weighted by atomic mass is 32.2. The molecule has 0 saturated carbocycles. The first-order valence-electron chi connectivity index (χ1n) is 8.21. The Morgan fingerprint density at radius 3 is 2.48 bits per heavy atom. The fourth-order valence-corrected chi connectivity index (χ4v) is 3.92. The zero-order valence-electron chi connectivity index (χ0n) is 14.9. The molecule has 3 aromatic rings. The second kappa shape index (κ2) is 8.79. The van der Waals surface area contributed by atoms with Gasteiger partial charge in [-0.3, -0.25) is 9.59 Å².